The molecule has 0 radical (unpaired) electrons. The Hall–Kier alpha value is -1.87. The minimum atomic E-state index is -0.468. The Morgan fingerprint density at radius 2 is 2.29 bits per heavy atom. The first-order valence-corrected chi connectivity index (χ1v) is 9.18. The highest BCUT2D eigenvalue weighted by molar-refractivity contribution is 7.98. The van der Waals surface area contributed by atoms with Gasteiger partial charge in [0.25, 0.3) is 0 Å². The number of carbonyl (C=O) groups excluding carboxylic acids is 1. The predicted octanol–water partition coefficient (Wildman–Crippen LogP) is 1.63. The fourth-order valence-electron chi connectivity index (χ4n) is 2.70. The van der Waals surface area contributed by atoms with Gasteiger partial charge in [0.15, 0.2) is 17.7 Å². The number of carbonyl (C=O) groups is 1. The largest absolute Gasteiger partial charge is 0.457 e. The van der Waals surface area contributed by atoms with E-state index < -0.39 is 6.23 Å². The quantitative estimate of drug-likeness (QED) is 0.810. The molecule has 1 aliphatic heterocycles. The van der Waals surface area contributed by atoms with Crippen LogP contribution in [0.25, 0.3) is 11.2 Å². The number of nitrogen functional groups attached to an aromatic ring is 1. The molecule has 130 valence electrons. The Labute approximate surface area is 144 Å². The van der Waals surface area contributed by atoms with E-state index in [2.05, 4.69) is 15.0 Å². The lowest BCUT2D eigenvalue weighted by molar-refractivity contribution is -0.158. The lowest BCUT2D eigenvalue weighted by Crippen LogP contribution is -2.27. The number of anilines is 1. The fourth-order valence-corrected chi connectivity index (χ4v) is 3.29. The summed E-state index contributed by atoms with van der Waals surface area (Å²) in [6.07, 6.45) is 4.81. The van der Waals surface area contributed by atoms with Crippen LogP contribution >= 0.6 is 11.8 Å². The van der Waals surface area contributed by atoms with Crippen molar-refractivity contribution in [3.8, 4) is 0 Å². The molecule has 3 rings (SSSR count). The van der Waals surface area contributed by atoms with Crippen molar-refractivity contribution in [1.82, 2.24) is 19.5 Å². The minimum Gasteiger partial charge on any atom is -0.457 e. The number of imidazole rings is 1. The van der Waals surface area contributed by atoms with Crippen LogP contribution in [-0.4, -0.2) is 49.7 Å². The van der Waals surface area contributed by atoms with Gasteiger partial charge < -0.3 is 15.2 Å². The van der Waals surface area contributed by atoms with Crippen LogP contribution in [0.4, 0.5) is 5.82 Å². The molecular weight excluding hydrogens is 330 g/mol. The van der Waals surface area contributed by atoms with Crippen molar-refractivity contribution in [1.29, 1.82) is 0 Å². The SMILES string of the molecule is CSC[C@@H]1C[C@@H](OC(=O)C(C)C)[C@H](n2cnc3c(N)ncnc32)O1. The molecule has 2 N–H and O–H groups in total. The van der Waals surface area contributed by atoms with Gasteiger partial charge in [0, 0.05) is 12.2 Å². The number of nitrogens with two attached hydrogens (primary N) is 1. The highest BCUT2D eigenvalue weighted by Gasteiger charge is 2.40. The van der Waals surface area contributed by atoms with E-state index in [-0.39, 0.29) is 24.1 Å². The second kappa shape index (κ2) is 6.94. The third kappa shape index (κ3) is 3.18. The molecule has 0 spiro atoms. The molecular formula is C15H21N5O3S. The van der Waals surface area contributed by atoms with Crippen molar-refractivity contribution in [2.45, 2.75) is 38.7 Å². The van der Waals surface area contributed by atoms with Gasteiger partial charge in [-0.05, 0) is 6.26 Å². The number of hydrogen-bond acceptors (Lipinski definition) is 8. The summed E-state index contributed by atoms with van der Waals surface area (Å²) in [5.41, 5.74) is 6.93. The van der Waals surface area contributed by atoms with E-state index in [1.54, 1.807) is 22.7 Å². The van der Waals surface area contributed by atoms with Gasteiger partial charge in [0.05, 0.1) is 18.3 Å². The number of hydrogen-bond donors (Lipinski definition) is 1. The molecule has 3 atom stereocenters. The van der Waals surface area contributed by atoms with Crippen LogP contribution in [-0.2, 0) is 14.3 Å². The van der Waals surface area contributed by atoms with Crippen molar-refractivity contribution in [2.75, 3.05) is 17.7 Å². The number of nitrogens with zero attached hydrogens (tertiary/aromatic N) is 4. The summed E-state index contributed by atoms with van der Waals surface area (Å²) in [4.78, 5) is 24.5. The van der Waals surface area contributed by atoms with Gasteiger partial charge in [0.1, 0.15) is 17.9 Å². The number of esters is 1. The standard InChI is InChI=1S/C15H21N5O3S/c1-8(2)15(21)23-10-4-9(5-24-3)22-14(10)20-7-19-11-12(16)17-6-18-13(11)20/h6-10,14H,4-5H2,1-3H3,(H2,16,17,18)/t9-,10+,14+/m0/s1. The monoisotopic (exact) mass is 351 g/mol. The van der Waals surface area contributed by atoms with E-state index in [1.807, 2.05) is 20.1 Å². The number of fused-ring (bicyclic) bond motifs is 1. The second-order valence-corrected chi connectivity index (χ2v) is 6.96. The number of thioether (sulfide) groups is 1. The lowest BCUT2D eigenvalue weighted by atomic mass is 10.2. The molecule has 3 heterocycles. The van der Waals surface area contributed by atoms with Gasteiger partial charge in [-0.2, -0.15) is 11.8 Å². The Morgan fingerprint density at radius 1 is 1.50 bits per heavy atom. The molecule has 24 heavy (non-hydrogen) atoms. The molecule has 0 saturated carbocycles. The zero-order chi connectivity index (χ0) is 17.3. The zero-order valence-corrected chi connectivity index (χ0v) is 14.7. The van der Waals surface area contributed by atoms with Crippen LogP contribution in [0.5, 0.6) is 0 Å². The molecule has 1 aliphatic rings. The van der Waals surface area contributed by atoms with Crippen LogP contribution in [0.2, 0.25) is 0 Å². The van der Waals surface area contributed by atoms with E-state index in [4.69, 9.17) is 15.2 Å². The number of ether oxygens (including phenoxy) is 2. The first-order valence-electron chi connectivity index (χ1n) is 7.79. The third-order valence-electron chi connectivity index (χ3n) is 3.90. The summed E-state index contributed by atoms with van der Waals surface area (Å²) in [7, 11) is 0. The third-order valence-corrected chi connectivity index (χ3v) is 4.60. The first kappa shape index (κ1) is 17.0. The molecule has 1 saturated heterocycles. The summed E-state index contributed by atoms with van der Waals surface area (Å²) >= 11 is 1.70. The number of rotatable bonds is 5. The van der Waals surface area contributed by atoms with Gasteiger partial charge in [-0.3, -0.25) is 9.36 Å². The van der Waals surface area contributed by atoms with Gasteiger partial charge >= 0.3 is 5.97 Å². The van der Waals surface area contributed by atoms with E-state index in [0.717, 1.165) is 5.75 Å². The van der Waals surface area contributed by atoms with Crippen LogP contribution in [0.3, 0.4) is 0 Å². The Morgan fingerprint density at radius 3 is 3.00 bits per heavy atom. The van der Waals surface area contributed by atoms with Crippen LogP contribution in [0, 0.1) is 5.92 Å². The topological polar surface area (TPSA) is 105 Å². The highest BCUT2D eigenvalue weighted by atomic mass is 32.2. The fraction of sp³-hybridized carbons (Fsp3) is 0.600. The van der Waals surface area contributed by atoms with E-state index in [9.17, 15) is 4.79 Å². The van der Waals surface area contributed by atoms with Crippen LogP contribution in [0.15, 0.2) is 12.7 Å². The van der Waals surface area contributed by atoms with Gasteiger partial charge in [-0.25, -0.2) is 15.0 Å². The van der Waals surface area contributed by atoms with Crippen molar-refractivity contribution in [2.24, 2.45) is 5.92 Å². The number of aromatic nitrogens is 4. The molecule has 0 amide bonds. The van der Waals surface area contributed by atoms with Crippen LogP contribution in [0.1, 0.15) is 26.5 Å². The molecule has 8 nitrogen and oxygen atoms in total. The van der Waals surface area contributed by atoms with E-state index in [0.29, 0.717) is 23.4 Å². The van der Waals surface area contributed by atoms with Crippen molar-refractivity contribution in [3.05, 3.63) is 12.7 Å². The lowest BCUT2D eigenvalue weighted by Gasteiger charge is -2.21. The maximum absolute atomic E-state index is 12.0. The Kier molecular flexibility index (Phi) is 4.91. The summed E-state index contributed by atoms with van der Waals surface area (Å²) in [6.45, 7) is 3.63. The average molecular weight is 351 g/mol. The van der Waals surface area contributed by atoms with Crippen molar-refractivity contribution < 1.29 is 14.3 Å². The van der Waals surface area contributed by atoms with Crippen molar-refractivity contribution >= 4 is 34.7 Å². The molecule has 0 unspecified atom stereocenters. The molecule has 0 aromatic carbocycles. The molecule has 2 aromatic rings. The van der Waals surface area contributed by atoms with Crippen molar-refractivity contribution in [3.63, 3.8) is 0 Å². The molecule has 1 fully saturated rings. The molecule has 2 aromatic heterocycles. The van der Waals surface area contributed by atoms with Gasteiger partial charge in [-0.1, -0.05) is 13.8 Å². The van der Waals surface area contributed by atoms with E-state index in [1.165, 1.54) is 6.33 Å². The second-order valence-electron chi connectivity index (χ2n) is 6.05. The smallest absolute Gasteiger partial charge is 0.308 e. The Bertz CT molecular complexity index is 735. The average Bonchev–Trinajstić information content (AvgIpc) is 3.12. The minimum absolute atomic E-state index is 0.00611. The van der Waals surface area contributed by atoms with Gasteiger partial charge in [0.2, 0.25) is 0 Å². The van der Waals surface area contributed by atoms with Gasteiger partial charge in [-0.15, -0.1) is 0 Å². The predicted molar refractivity (Wildman–Crippen MR) is 91.4 cm³/mol. The molecule has 0 bridgehead atoms. The Balaban J connectivity index is 1.92. The summed E-state index contributed by atoms with van der Waals surface area (Å²) in [6, 6.07) is 0. The highest BCUT2D eigenvalue weighted by Crippen LogP contribution is 2.35. The normalized spacial score (nSPS) is 23.9. The summed E-state index contributed by atoms with van der Waals surface area (Å²) in [5, 5.41) is 0. The maximum Gasteiger partial charge on any atom is 0.308 e. The zero-order valence-electron chi connectivity index (χ0n) is 13.9. The summed E-state index contributed by atoms with van der Waals surface area (Å²) < 4.78 is 13.5. The maximum atomic E-state index is 12.0. The van der Waals surface area contributed by atoms with Crippen LogP contribution < -0.4 is 5.73 Å². The first-order chi connectivity index (χ1) is 11.5. The van der Waals surface area contributed by atoms with E-state index >= 15 is 0 Å². The summed E-state index contributed by atoms with van der Waals surface area (Å²) in [5.74, 6) is 0.712. The molecule has 0 aliphatic carbocycles. The molecule has 9 heteroatoms.